The minimum Gasteiger partial charge on any atom is -0.497 e. The summed E-state index contributed by atoms with van der Waals surface area (Å²) in [6, 6.07) is 22.5. The van der Waals surface area contributed by atoms with Crippen LogP contribution in [-0.4, -0.2) is 26.3 Å². The highest BCUT2D eigenvalue weighted by Crippen LogP contribution is 2.42. The van der Waals surface area contributed by atoms with Crippen molar-refractivity contribution in [2.45, 2.75) is 50.6 Å². The predicted octanol–water partition coefficient (Wildman–Crippen LogP) is 4.56. The van der Waals surface area contributed by atoms with Crippen LogP contribution in [0.5, 0.6) is 5.75 Å². The Labute approximate surface area is 175 Å². The second-order valence-electron chi connectivity index (χ2n) is 8.97. The molecule has 3 nitrogen and oxygen atoms in total. The Hall–Kier alpha value is -2.07. The summed E-state index contributed by atoms with van der Waals surface area (Å²) < 4.78 is 5.55. The van der Waals surface area contributed by atoms with E-state index in [1.807, 2.05) is 6.07 Å². The van der Waals surface area contributed by atoms with Gasteiger partial charge < -0.3 is 9.84 Å². The van der Waals surface area contributed by atoms with E-state index in [4.69, 9.17) is 4.74 Å². The van der Waals surface area contributed by atoms with E-state index in [1.54, 1.807) is 12.3 Å². The highest BCUT2D eigenvalue weighted by atomic mass is 28.3. The number of rotatable bonds is 5. The van der Waals surface area contributed by atoms with E-state index in [0.29, 0.717) is 0 Å². The highest BCUT2D eigenvalue weighted by Gasteiger charge is 2.43. The van der Waals surface area contributed by atoms with Gasteiger partial charge in [-0.1, -0.05) is 65.7 Å². The first-order valence-corrected chi connectivity index (χ1v) is 13.5. The normalized spacial score (nSPS) is 29.9. The van der Waals surface area contributed by atoms with E-state index in [1.165, 1.54) is 30.1 Å². The Bertz CT molecular complexity index is 819. The number of methoxy groups -OCH3 is 1. The number of hydrogen-bond acceptors (Lipinski definition) is 2. The summed E-state index contributed by atoms with van der Waals surface area (Å²) in [6.45, 7) is 0. The van der Waals surface area contributed by atoms with Gasteiger partial charge in [-0.25, -0.2) is 0 Å². The topological polar surface area (TPSA) is 46.5 Å². The molecule has 4 heteroatoms. The molecule has 0 radical (unpaired) electrons. The average Bonchev–Trinajstić information content (AvgIpc) is 2.80. The summed E-state index contributed by atoms with van der Waals surface area (Å²) in [6.07, 6.45) is 6.49. The zero-order chi connectivity index (χ0) is 20.3. The van der Waals surface area contributed by atoms with E-state index >= 15 is 0 Å². The van der Waals surface area contributed by atoms with Crippen molar-refractivity contribution in [2.75, 3.05) is 7.11 Å². The summed E-state index contributed by atoms with van der Waals surface area (Å²) in [5.41, 5.74) is 0. The van der Waals surface area contributed by atoms with Crippen LogP contribution in [-0.2, 0) is 4.79 Å². The van der Waals surface area contributed by atoms with E-state index in [2.05, 4.69) is 48.5 Å². The van der Waals surface area contributed by atoms with Gasteiger partial charge in [-0.05, 0) is 61.7 Å². The Kier molecular flexibility index (Phi) is 6.09. The molecule has 154 valence electrons. The molecular formula is C25H32O3Si. The maximum absolute atomic E-state index is 11.3. The fourth-order valence-corrected chi connectivity index (χ4v) is 11.0. The fraction of sp³-hybridized carbons (Fsp3) is 0.480. The molecule has 1 aliphatic heterocycles. The van der Waals surface area contributed by atoms with Gasteiger partial charge in [-0.15, -0.1) is 0 Å². The lowest BCUT2D eigenvalue weighted by Crippen LogP contribution is -2.60. The van der Waals surface area contributed by atoms with Crippen molar-refractivity contribution in [2.24, 2.45) is 17.8 Å². The monoisotopic (exact) mass is 408 g/mol. The molecule has 0 spiro atoms. The number of aliphatic carboxylic acids is 1. The zero-order valence-corrected chi connectivity index (χ0v) is 18.3. The smallest absolute Gasteiger partial charge is 0.306 e. The van der Waals surface area contributed by atoms with Crippen LogP contribution >= 0.6 is 0 Å². The number of carboxylic acid groups (broad SMARTS) is 1. The molecule has 0 amide bonds. The fourth-order valence-electron chi connectivity index (χ4n) is 5.86. The summed E-state index contributed by atoms with van der Waals surface area (Å²) in [5.74, 6) is 1.74. The molecule has 1 aliphatic carbocycles. The zero-order valence-electron chi connectivity index (χ0n) is 17.3. The van der Waals surface area contributed by atoms with Gasteiger partial charge >= 0.3 is 5.97 Å². The number of carboxylic acids is 1. The summed E-state index contributed by atoms with van der Waals surface area (Å²) in [5, 5.41) is 12.3. The molecule has 2 aliphatic rings. The molecule has 2 fully saturated rings. The van der Waals surface area contributed by atoms with Crippen molar-refractivity contribution in [3.05, 3.63) is 54.6 Å². The third kappa shape index (κ3) is 4.13. The van der Waals surface area contributed by atoms with Gasteiger partial charge in [-0.3, -0.25) is 4.79 Å². The molecule has 1 saturated carbocycles. The molecular weight excluding hydrogens is 376 g/mol. The van der Waals surface area contributed by atoms with Crippen molar-refractivity contribution in [3.63, 3.8) is 0 Å². The number of carbonyl (C=O) groups is 1. The van der Waals surface area contributed by atoms with Crippen molar-refractivity contribution >= 4 is 24.4 Å². The highest BCUT2D eigenvalue weighted by molar-refractivity contribution is 7.02. The first-order valence-electron chi connectivity index (χ1n) is 11.1. The SMILES string of the molecule is COc1cccc([Si]2(c3ccccc3)CCC(C3CCC(C(=O)O)CC3)CC2)c1. The Morgan fingerprint density at radius 2 is 1.48 bits per heavy atom. The minimum atomic E-state index is -1.79. The maximum atomic E-state index is 11.3. The van der Waals surface area contributed by atoms with Crippen LogP contribution in [0.4, 0.5) is 0 Å². The average molecular weight is 409 g/mol. The minimum absolute atomic E-state index is 0.107. The summed E-state index contributed by atoms with van der Waals surface area (Å²) in [4.78, 5) is 11.3. The third-order valence-corrected chi connectivity index (χ3v) is 12.8. The first-order chi connectivity index (χ1) is 14.1. The van der Waals surface area contributed by atoms with Gasteiger partial charge in [0, 0.05) is 0 Å². The third-order valence-electron chi connectivity index (χ3n) is 7.62. The van der Waals surface area contributed by atoms with Crippen LogP contribution in [0.3, 0.4) is 0 Å². The molecule has 4 rings (SSSR count). The van der Waals surface area contributed by atoms with Crippen LogP contribution in [0.25, 0.3) is 0 Å². The number of ether oxygens (including phenoxy) is 1. The maximum Gasteiger partial charge on any atom is 0.306 e. The Morgan fingerprint density at radius 1 is 0.862 bits per heavy atom. The Morgan fingerprint density at radius 3 is 2.10 bits per heavy atom. The lowest BCUT2D eigenvalue weighted by Gasteiger charge is -2.43. The lowest BCUT2D eigenvalue weighted by atomic mass is 9.74. The molecule has 2 aromatic rings. The molecule has 0 aromatic heterocycles. The molecule has 1 saturated heterocycles. The van der Waals surface area contributed by atoms with Crippen molar-refractivity contribution < 1.29 is 14.6 Å². The van der Waals surface area contributed by atoms with E-state index in [-0.39, 0.29) is 5.92 Å². The second kappa shape index (κ2) is 8.74. The van der Waals surface area contributed by atoms with Crippen LogP contribution in [0.2, 0.25) is 12.1 Å². The van der Waals surface area contributed by atoms with Gasteiger partial charge in [0.25, 0.3) is 0 Å². The van der Waals surface area contributed by atoms with Gasteiger partial charge in [-0.2, -0.15) is 0 Å². The molecule has 1 N–H and O–H groups in total. The number of hydrogen-bond donors (Lipinski definition) is 1. The molecule has 2 aromatic carbocycles. The summed E-state index contributed by atoms with van der Waals surface area (Å²) >= 11 is 0. The van der Waals surface area contributed by atoms with Crippen LogP contribution < -0.4 is 15.1 Å². The van der Waals surface area contributed by atoms with Crippen molar-refractivity contribution in [1.82, 2.24) is 0 Å². The standard InChI is InChI=1S/C25H32O3Si/c1-28-22-6-5-9-24(18-22)29(23-7-3-2-4-8-23)16-14-20(15-17-29)19-10-12-21(13-11-19)25(26)27/h2-9,18-21H,10-17H2,1H3,(H,26,27). The first kappa shape index (κ1) is 20.2. The van der Waals surface area contributed by atoms with E-state index in [9.17, 15) is 9.90 Å². The van der Waals surface area contributed by atoms with Crippen LogP contribution in [0.1, 0.15) is 38.5 Å². The molecule has 0 bridgehead atoms. The quantitative estimate of drug-likeness (QED) is 0.738. The molecule has 0 unspecified atom stereocenters. The van der Waals surface area contributed by atoms with Crippen LogP contribution in [0, 0.1) is 17.8 Å². The predicted molar refractivity (Wildman–Crippen MR) is 120 cm³/mol. The number of benzene rings is 2. The molecule has 1 heterocycles. The largest absolute Gasteiger partial charge is 0.497 e. The van der Waals surface area contributed by atoms with Gasteiger partial charge in [0.1, 0.15) is 13.8 Å². The summed E-state index contributed by atoms with van der Waals surface area (Å²) in [7, 11) is -0.0432. The van der Waals surface area contributed by atoms with Gasteiger partial charge in [0.2, 0.25) is 0 Å². The molecule has 29 heavy (non-hydrogen) atoms. The van der Waals surface area contributed by atoms with Crippen molar-refractivity contribution in [1.29, 1.82) is 0 Å². The van der Waals surface area contributed by atoms with E-state index in [0.717, 1.165) is 43.3 Å². The second-order valence-corrected chi connectivity index (χ2v) is 13.3. The molecule has 0 atom stereocenters. The van der Waals surface area contributed by atoms with Gasteiger partial charge in [0.05, 0.1) is 13.0 Å². The van der Waals surface area contributed by atoms with Gasteiger partial charge in [0.15, 0.2) is 0 Å². The van der Waals surface area contributed by atoms with Crippen molar-refractivity contribution in [3.8, 4) is 5.75 Å². The Balaban J connectivity index is 1.54. The van der Waals surface area contributed by atoms with Crippen LogP contribution in [0.15, 0.2) is 54.6 Å². The van der Waals surface area contributed by atoms with E-state index < -0.39 is 14.0 Å². The lowest BCUT2D eigenvalue weighted by molar-refractivity contribution is -0.143.